The zero-order valence-electron chi connectivity index (χ0n) is 21.9. The number of nitrogens with zero attached hydrogens (tertiary/aromatic N) is 3. The highest BCUT2D eigenvalue weighted by atomic mass is 32.2. The van der Waals surface area contributed by atoms with Gasteiger partial charge in [0.15, 0.2) is 0 Å². The molecule has 2 saturated heterocycles. The minimum absolute atomic E-state index is 0.0383. The van der Waals surface area contributed by atoms with Crippen LogP contribution in [0, 0.1) is 11.6 Å². The number of amides is 1. The van der Waals surface area contributed by atoms with Gasteiger partial charge in [-0.2, -0.15) is 0 Å². The Balaban J connectivity index is 1.04. The topological polar surface area (TPSA) is 60.5 Å². The second kappa shape index (κ2) is 13.5. The molecule has 3 aromatic rings. The Morgan fingerprint density at radius 3 is 2.26 bits per heavy atom. The number of rotatable bonds is 10. The van der Waals surface area contributed by atoms with Gasteiger partial charge < -0.3 is 10.2 Å². The molecule has 9 heteroatoms. The molecule has 6 nitrogen and oxygen atoms in total. The van der Waals surface area contributed by atoms with E-state index >= 15 is 0 Å². The van der Waals surface area contributed by atoms with Crippen LogP contribution >= 0.6 is 11.8 Å². The highest BCUT2D eigenvalue weighted by Gasteiger charge is 2.30. The van der Waals surface area contributed by atoms with Crippen molar-refractivity contribution >= 4 is 17.7 Å². The fourth-order valence-electron chi connectivity index (χ4n) is 5.29. The van der Waals surface area contributed by atoms with Gasteiger partial charge in [0.05, 0.1) is 17.5 Å². The van der Waals surface area contributed by atoms with Crippen LogP contribution < -0.4 is 10.6 Å². The molecule has 0 bridgehead atoms. The standard InChI is InChI=1S/C30H35F2N5OS/c31-25-9-5-22(6-10-25)28(23-7-11-26(32)12-8-23)37-18-16-36(17-19-37)15-2-1-14-34-29(38)27-21-39-30(35-27)24-4-3-13-33-20-24/h3-13,20,27-28,30,35H,1-2,14-19,21H2,(H,34,38)/t27-,30?/m0/s1. The molecule has 39 heavy (non-hydrogen) atoms. The summed E-state index contributed by atoms with van der Waals surface area (Å²) in [4.78, 5) is 21.6. The monoisotopic (exact) mass is 551 g/mol. The molecule has 1 aromatic heterocycles. The number of piperazine rings is 1. The zero-order chi connectivity index (χ0) is 27.0. The first-order valence-electron chi connectivity index (χ1n) is 13.6. The summed E-state index contributed by atoms with van der Waals surface area (Å²) >= 11 is 1.74. The van der Waals surface area contributed by atoms with Crippen LogP contribution in [-0.4, -0.2) is 71.8 Å². The van der Waals surface area contributed by atoms with Crippen molar-refractivity contribution in [2.75, 3.05) is 45.0 Å². The van der Waals surface area contributed by atoms with E-state index in [1.54, 1.807) is 18.0 Å². The number of benzene rings is 2. The molecule has 1 unspecified atom stereocenters. The molecule has 2 atom stereocenters. The van der Waals surface area contributed by atoms with Crippen LogP contribution in [0.25, 0.3) is 0 Å². The number of aromatic nitrogens is 1. The molecule has 206 valence electrons. The summed E-state index contributed by atoms with van der Waals surface area (Å²) in [6.07, 6.45) is 5.55. The Hall–Kier alpha value is -2.85. The van der Waals surface area contributed by atoms with Crippen molar-refractivity contribution in [3.63, 3.8) is 0 Å². The number of pyridine rings is 1. The van der Waals surface area contributed by atoms with Gasteiger partial charge in [-0.1, -0.05) is 30.3 Å². The second-order valence-corrected chi connectivity index (χ2v) is 11.2. The maximum absolute atomic E-state index is 13.6. The van der Waals surface area contributed by atoms with Gasteiger partial charge in [0, 0.05) is 50.9 Å². The molecular formula is C30H35F2N5OS. The Kier molecular flexibility index (Phi) is 9.58. The van der Waals surface area contributed by atoms with Gasteiger partial charge in [0.25, 0.3) is 0 Å². The van der Waals surface area contributed by atoms with Gasteiger partial charge in [0.1, 0.15) is 11.6 Å². The first kappa shape index (κ1) is 27.7. The van der Waals surface area contributed by atoms with E-state index in [0.717, 1.165) is 68.0 Å². The predicted octanol–water partition coefficient (Wildman–Crippen LogP) is 4.37. The van der Waals surface area contributed by atoms with Crippen molar-refractivity contribution in [2.45, 2.75) is 30.3 Å². The van der Waals surface area contributed by atoms with Gasteiger partial charge >= 0.3 is 0 Å². The molecule has 2 aromatic carbocycles. The SMILES string of the molecule is O=C(NCCCCN1CCN(C(c2ccc(F)cc2)c2ccc(F)cc2)CC1)[C@@H]1CSC(c2cccnc2)N1. The van der Waals surface area contributed by atoms with E-state index in [9.17, 15) is 13.6 Å². The largest absolute Gasteiger partial charge is 0.355 e. The van der Waals surface area contributed by atoms with Crippen LogP contribution in [-0.2, 0) is 4.79 Å². The quantitative estimate of drug-likeness (QED) is 0.365. The number of thioether (sulfide) groups is 1. The van der Waals surface area contributed by atoms with E-state index in [4.69, 9.17) is 0 Å². The highest BCUT2D eigenvalue weighted by Crippen LogP contribution is 2.32. The zero-order valence-corrected chi connectivity index (χ0v) is 22.8. The summed E-state index contributed by atoms with van der Waals surface area (Å²) in [6.45, 7) is 5.28. The van der Waals surface area contributed by atoms with Crippen molar-refractivity contribution < 1.29 is 13.6 Å². The Labute approximate surface area is 233 Å². The number of hydrogen-bond donors (Lipinski definition) is 2. The number of carbonyl (C=O) groups excluding carboxylic acids is 1. The Morgan fingerprint density at radius 2 is 1.64 bits per heavy atom. The Morgan fingerprint density at radius 1 is 0.974 bits per heavy atom. The molecule has 2 aliphatic rings. The van der Waals surface area contributed by atoms with Crippen molar-refractivity contribution in [1.82, 2.24) is 25.4 Å². The van der Waals surface area contributed by atoms with Crippen molar-refractivity contribution in [1.29, 1.82) is 0 Å². The maximum Gasteiger partial charge on any atom is 0.238 e. The van der Waals surface area contributed by atoms with Crippen LogP contribution in [0.2, 0.25) is 0 Å². The molecule has 0 radical (unpaired) electrons. The van der Waals surface area contributed by atoms with E-state index in [1.165, 1.54) is 24.3 Å². The maximum atomic E-state index is 13.6. The number of halogens is 2. The Bertz CT molecular complexity index is 1140. The number of nitrogens with one attached hydrogen (secondary N) is 2. The lowest BCUT2D eigenvalue weighted by atomic mass is 9.96. The van der Waals surface area contributed by atoms with Gasteiger partial charge in [-0.3, -0.25) is 20.0 Å². The molecule has 2 N–H and O–H groups in total. The molecular weight excluding hydrogens is 516 g/mol. The third kappa shape index (κ3) is 7.42. The highest BCUT2D eigenvalue weighted by molar-refractivity contribution is 7.99. The molecule has 0 spiro atoms. The van der Waals surface area contributed by atoms with Crippen LogP contribution in [0.5, 0.6) is 0 Å². The number of carbonyl (C=O) groups is 1. The summed E-state index contributed by atoms with van der Waals surface area (Å²) in [7, 11) is 0. The third-order valence-corrected chi connectivity index (χ3v) is 8.70. The lowest BCUT2D eigenvalue weighted by molar-refractivity contribution is -0.122. The first-order valence-corrected chi connectivity index (χ1v) is 14.6. The van der Waals surface area contributed by atoms with E-state index < -0.39 is 0 Å². The predicted molar refractivity (Wildman–Crippen MR) is 151 cm³/mol. The summed E-state index contributed by atoms with van der Waals surface area (Å²) in [5, 5.41) is 6.60. The number of unbranched alkanes of at least 4 members (excludes halogenated alkanes) is 1. The van der Waals surface area contributed by atoms with E-state index in [0.29, 0.717) is 6.54 Å². The van der Waals surface area contributed by atoms with Crippen molar-refractivity contribution in [3.05, 3.63) is 101 Å². The van der Waals surface area contributed by atoms with Gasteiger partial charge in [0.2, 0.25) is 5.91 Å². The lowest BCUT2D eigenvalue weighted by Crippen LogP contribution is -2.48. The summed E-state index contributed by atoms with van der Waals surface area (Å²) in [5.74, 6) is 0.303. The molecule has 1 amide bonds. The third-order valence-electron chi connectivity index (χ3n) is 7.43. The van der Waals surface area contributed by atoms with Crippen LogP contribution in [0.1, 0.15) is 40.9 Å². The smallest absolute Gasteiger partial charge is 0.238 e. The fourth-order valence-corrected chi connectivity index (χ4v) is 6.52. The van der Waals surface area contributed by atoms with Crippen molar-refractivity contribution in [3.8, 4) is 0 Å². The van der Waals surface area contributed by atoms with E-state index in [1.807, 2.05) is 42.6 Å². The van der Waals surface area contributed by atoms with E-state index in [-0.39, 0.29) is 35.0 Å². The normalized spacial score (nSPS) is 20.4. The van der Waals surface area contributed by atoms with Gasteiger partial charge in [-0.05, 0) is 66.4 Å². The summed E-state index contributed by atoms with van der Waals surface area (Å²) in [5.41, 5.74) is 3.11. The fraction of sp³-hybridized carbons (Fsp3) is 0.400. The van der Waals surface area contributed by atoms with Crippen molar-refractivity contribution in [2.24, 2.45) is 0 Å². The summed E-state index contributed by atoms with van der Waals surface area (Å²) in [6, 6.07) is 17.0. The molecule has 3 heterocycles. The van der Waals surface area contributed by atoms with Crippen LogP contribution in [0.3, 0.4) is 0 Å². The van der Waals surface area contributed by atoms with Crippen LogP contribution in [0.15, 0.2) is 73.1 Å². The second-order valence-electron chi connectivity index (χ2n) is 10.1. The molecule has 5 rings (SSSR count). The molecule has 2 fully saturated rings. The lowest BCUT2D eigenvalue weighted by Gasteiger charge is -2.40. The summed E-state index contributed by atoms with van der Waals surface area (Å²) < 4.78 is 27.2. The molecule has 2 aliphatic heterocycles. The molecule has 0 saturated carbocycles. The minimum Gasteiger partial charge on any atom is -0.355 e. The number of hydrogen-bond acceptors (Lipinski definition) is 6. The first-order chi connectivity index (χ1) is 19.1. The average molecular weight is 552 g/mol. The van der Waals surface area contributed by atoms with Gasteiger partial charge in [-0.25, -0.2) is 8.78 Å². The van der Waals surface area contributed by atoms with E-state index in [2.05, 4.69) is 25.4 Å². The minimum atomic E-state index is -0.259. The van der Waals surface area contributed by atoms with Gasteiger partial charge in [-0.15, -0.1) is 11.8 Å². The van der Waals surface area contributed by atoms with Crippen LogP contribution in [0.4, 0.5) is 8.78 Å². The average Bonchev–Trinajstić information content (AvgIpc) is 3.47. The molecule has 0 aliphatic carbocycles.